The van der Waals surface area contributed by atoms with Crippen LogP contribution in [0.25, 0.3) is 11.1 Å². The molecule has 0 saturated heterocycles. The van der Waals surface area contributed by atoms with E-state index in [-0.39, 0.29) is 40.5 Å². The molecule has 11 nitrogen and oxygen atoms in total. The summed E-state index contributed by atoms with van der Waals surface area (Å²) in [5, 5.41) is 5.84. The Morgan fingerprint density at radius 1 is 0.851 bits per heavy atom. The zero-order chi connectivity index (χ0) is 34.1. The fourth-order valence-corrected chi connectivity index (χ4v) is 7.28. The Hall–Kier alpha value is -4.63. The predicted octanol–water partition coefficient (Wildman–Crippen LogP) is 5.68. The topological polar surface area (TPSA) is 146 Å². The molecule has 2 amide bonds. The van der Waals surface area contributed by atoms with Gasteiger partial charge in [0.25, 0.3) is 0 Å². The maximum atomic E-state index is 13.6. The van der Waals surface area contributed by atoms with E-state index in [0.717, 1.165) is 22.3 Å². The minimum absolute atomic E-state index is 0.00462. The van der Waals surface area contributed by atoms with Gasteiger partial charge in [-0.05, 0) is 0 Å². The fourth-order valence-electron chi connectivity index (χ4n) is 5.26. The average molecular weight is 707 g/mol. The van der Waals surface area contributed by atoms with E-state index in [1.165, 1.54) is 32.4 Å². The van der Waals surface area contributed by atoms with Gasteiger partial charge in [-0.1, -0.05) is 12.1 Å². The van der Waals surface area contributed by atoms with Gasteiger partial charge in [0.15, 0.2) is 0 Å². The average Bonchev–Trinajstić information content (AvgIpc) is 3.37. The van der Waals surface area contributed by atoms with Gasteiger partial charge < -0.3 is 0 Å². The summed E-state index contributed by atoms with van der Waals surface area (Å²) in [4.78, 5) is 63.7. The number of hydrogen-bond acceptors (Lipinski definition) is 9. The quantitative estimate of drug-likeness (QED) is 0.105. The van der Waals surface area contributed by atoms with Crippen LogP contribution in [0.15, 0.2) is 66.7 Å². The number of amides is 2. The van der Waals surface area contributed by atoms with Crippen LogP contribution in [0.5, 0.6) is 0 Å². The maximum absolute atomic E-state index is 13.6. The summed E-state index contributed by atoms with van der Waals surface area (Å²) in [7, 11) is 2.40. The van der Waals surface area contributed by atoms with E-state index in [1.807, 2.05) is 48.5 Å². The molecule has 2 N–H and O–H groups in total. The Morgan fingerprint density at radius 2 is 1.47 bits per heavy atom. The van der Waals surface area contributed by atoms with Crippen LogP contribution in [0.2, 0.25) is 5.21 Å². The number of benzene rings is 3. The number of anilines is 1. The molecule has 12 heteroatoms. The van der Waals surface area contributed by atoms with Gasteiger partial charge in [-0.25, -0.2) is 0 Å². The number of ether oxygens (including phenoxy) is 4. The van der Waals surface area contributed by atoms with Crippen molar-refractivity contribution in [1.82, 2.24) is 5.32 Å². The van der Waals surface area contributed by atoms with Crippen molar-refractivity contribution in [3.63, 3.8) is 0 Å². The molecule has 0 bridgehead atoms. The third kappa shape index (κ3) is 9.22. The molecule has 1 aliphatic carbocycles. The normalized spacial score (nSPS) is 12.9. The van der Waals surface area contributed by atoms with Crippen LogP contribution in [0.3, 0.4) is 0 Å². The van der Waals surface area contributed by atoms with E-state index in [0.29, 0.717) is 11.6 Å². The number of carbonyl (C=O) groups excluding carboxylic acids is 5. The van der Waals surface area contributed by atoms with Crippen molar-refractivity contribution < 1.29 is 42.9 Å². The summed E-state index contributed by atoms with van der Waals surface area (Å²) in [5.41, 5.74) is 3.77. The molecule has 2 unspecified atom stereocenters. The first kappa shape index (κ1) is 35.2. The van der Waals surface area contributed by atoms with Crippen LogP contribution in [0.4, 0.5) is 15.3 Å². The van der Waals surface area contributed by atoms with Crippen molar-refractivity contribution >= 4 is 50.1 Å². The molecule has 0 aliphatic heterocycles. The van der Waals surface area contributed by atoms with Gasteiger partial charge in [0, 0.05) is 0 Å². The second-order valence-electron chi connectivity index (χ2n) is 11.8. The number of alkyl carbamates (subject to hydrolysis) is 1. The molecule has 248 valence electrons. The third-order valence-electron chi connectivity index (χ3n) is 7.39. The number of methoxy groups -OCH3 is 2. The minimum atomic E-state index is -1.12. The van der Waals surface area contributed by atoms with Gasteiger partial charge >= 0.3 is 269 Å². The molecule has 0 spiro atoms. The van der Waals surface area contributed by atoms with E-state index in [4.69, 9.17) is 18.9 Å². The second kappa shape index (κ2) is 15.8. The van der Waals surface area contributed by atoms with Gasteiger partial charge in [0.05, 0.1) is 0 Å². The van der Waals surface area contributed by atoms with Crippen molar-refractivity contribution in [3.05, 3.63) is 89.0 Å². The number of rotatable bonds is 12. The Balaban J connectivity index is 1.49. The molecule has 0 radical (unpaired) electrons. The fraction of sp³-hybridized carbons (Fsp3) is 0.343. The second-order valence-corrected chi connectivity index (χ2v) is 14.5. The molecule has 4 rings (SSSR count). The van der Waals surface area contributed by atoms with E-state index >= 15 is 0 Å². The van der Waals surface area contributed by atoms with Crippen molar-refractivity contribution in [1.29, 1.82) is 0 Å². The first-order chi connectivity index (χ1) is 22.4. The molecule has 2 atom stereocenters. The zero-order valence-electron chi connectivity index (χ0n) is 27.0. The zero-order valence-corrected chi connectivity index (χ0v) is 29.1. The van der Waals surface area contributed by atoms with Crippen molar-refractivity contribution in [2.75, 3.05) is 26.1 Å². The molecule has 47 heavy (non-hydrogen) atoms. The molecule has 0 aromatic heterocycles. The van der Waals surface area contributed by atoms with E-state index in [1.54, 1.807) is 20.8 Å². The van der Waals surface area contributed by atoms with Crippen LogP contribution in [0.1, 0.15) is 71.4 Å². The Labute approximate surface area is 280 Å². The molecule has 0 heterocycles. The number of fused-ring (bicyclic) bond motifs is 3. The summed E-state index contributed by atoms with van der Waals surface area (Å²) in [6.07, 6.45) is -0.189. The number of nitrogens with one attached hydrogen (secondary N) is 2. The standard InChI is InChI=1S/C35H39AsN2O9/c1-35(2,3)47-33(42)36-18-10-15-28(30(39)37-29-19-21(31(40)44-4)16-17-26(29)32(41)45-5)38-34(43)46-20-27-24-13-8-6-11-22(24)23-12-7-9-14-25(23)27/h6-9,11-14,16-17,19,27-28,36H,10,15,18,20H2,1-5H3,(H,37,39)(H,38,43). The first-order valence-electron chi connectivity index (χ1n) is 15.1. The molecule has 0 saturated carbocycles. The Bertz CT molecular complexity index is 1600. The number of esters is 2. The summed E-state index contributed by atoms with van der Waals surface area (Å²) in [6.45, 7) is 5.45. The monoisotopic (exact) mass is 706 g/mol. The van der Waals surface area contributed by atoms with Gasteiger partial charge in [-0.3, -0.25) is 0 Å². The van der Waals surface area contributed by atoms with Gasteiger partial charge in [0.2, 0.25) is 0 Å². The van der Waals surface area contributed by atoms with E-state index in [9.17, 15) is 24.0 Å². The molecule has 0 fully saturated rings. The molecular formula is C35H39AsN2O9. The SMILES string of the molecule is COC(=O)c1ccc(C(=O)OC)c(NC(=O)C(CCC[AsH]C(=O)OC(C)(C)C)NC(=O)OCC2c3ccccc3-c3ccccc32)c1. The van der Waals surface area contributed by atoms with Crippen LogP contribution >= 0.6 is 0 Å². The summed E-state index contributed by atoms with van der Waals surface area (Å²) >= 11 is -1.12. The van der Waals surface area contributed by atoms with Crippen molar-refractivity contribution in [2.45, 2.75) is 56.4 Å². The van der Waals surface area contributed by atoms with Gasteiger partial charge in [0.1, 0.15) is 0 Å². The Kier molecular flexibility index (Phi) is 11.8. The molecule has 3 aromatic carbocycles. The Morgan fingerprint density at radius 3 is 2.06 bits per heavy atom. The number of hydrogen-bond donors (Lipinski definition) is 2. The molecule has 3 aromatic rings. The van der Waals surface area contributed by atoms with Gasteiger partial charge in [-0.15, -0.1) is 0 Å². The van der Waals surface area contributed by atoms with E-state index in [2.05, 4.69) is 10.6 Å². The van der Waals surface area contributed by atoms with Crippen LogP contribution in [-0.2, 0) is 23.7 Å². The third-order valence-corrected chi connectivity index (χ3v) is 9.48. The van der Waals surface area contributed by atoms with Crippen LogP contribution in [0, 0.1) is 0 Å². The van der Waals surface area contributed by atoms with Crippen molar-refractivity contribution in [2.24, 2.45) is 0 Å². The van der Waals surface area contributed by atoms with E-state index < -0.39 is 51.3 Å². The van der Waals surface area contributed by atoms with Crippen molar-refractivity contribution in [3.8, 4) is 11.1 Å². The molecular weight excluding hydrogens is 667 g/mol. The summed E-state index contributed by atoms with van der Waals surface area (Å²) < 4.78 is 20.5. The number of carbonyl (C=O) groups is 5. The van der Waals surface area contributed by atoms with Crippen LogP contribution < -0.4 is 10.6 Å². The van der Waals surface area contributed by atoms with Gasteiger partial charge in [-0.2, -0.15) is 0 Å². The summed E-state index contributed by atoms with van der Waals surface area (Å²) in [5.74, 6) is -2.23. The summed E-state index contributed by atoms with van der Waals surface area (Å²) in [6, 6.07) is 18.8. The first-order valence-corrected chi connectivity index (χ1v) is 17.6. The molecule has 1 aliphatic rings. The predicted molar refractivity (Wildman–Crippen MR) is 177 cm³/mol. The van der Waals surface area contributed by atoms with Crippen LogP contribution in [-0.4, -0.2) is 76.9 Å².